The summed E-state index contributed by atoms with van der Waals surface area (Å²) in [7, 11) is 0. The molecule has 0 amide bonds. The van der Waals surface area contributed by atoms with Crippen LogP contribution in [-0.2, 0) is 14.8 Å². The van der Waals surface area contributed by atoms with Crippen LogP contribution in [0.15, 0.2) is 48.5 Å². The van der Waals surface area contributed by atoms with Crippen LogP contribution in [0.4, 0.5) is 0 Å². The Morgan fingerprint density at radius 1 is 0.750 bits per heavy atom. The lowest BCUT2D eigenvalue weighted by atomic mass is 9.79. The van der Waals surface area contributed by atoms with Gasteiger partial charge in [0.1, 0.15) is 0 Å². The Kier molecular flexibility index (Phi) is 4.21. The maximum atomic E-state index is 6.40. The van der Waals surface area contributed by atoms with E-state index in [-0.39, 0.29) is 6.10 Å². The molecule has 0 fully saturated rings. The second-order valence-corrected chi connectivity index (χ2v) is 10.5. The van der Waals surface area contributed by atoms with E-state index >= 15 is 0 Å². The van der Waals surface area contributed by atoms with Crippen LogP contribution in [0, 0.1) is 0 Å². The van der Waals surface area contributed by atoms with E-state index in [0.717, 1.165) is 23.7 Å². The molecule has 0 heterocycles. The summed E-state index contributed by atoms with van der Waals surface area (Å²) in [6.07, 6.45) is 3.16. The van der Waals surface area contributed by atoms with Gasteiger partial charge in [0.25, 0.3) is 0 Å². The van der Waals surface area contributed by atoms with Gasteiger partial charge in [0.05, 0.1) is 12.0 Å². The van der Waals surface area contributed by atoms with Gasteiger partial charge in [-0.05, 0) is 72.5 Å². The van der Waals surface area contributed by atoms with Gasteiger partial charge in [-0.1, -0.05) is 68.5 Å². The third-order valence-electron chi connectivity index (χ3n) is 6.90. The number of hydrogen-bond donors (Lipinski definition) is 0. The van der Waals surface area contributed by atoms with Gasteiger partial charge in [-0.15, -0.1) is 0 Å². The maximum Gasteiger partial charge on any atom is 0.157 e. The minimum Gasteiger partial charge on any atom is -0.426 e. The highest BCUT2D eigenvalue weighted by atomic mass is 32.2. The quantitative estimate of drug-likeness (QED) is 0.163. The first-order valence-electron chi connectivity index (χ1n) is 11.3. The first-order chi connectivity index (χ1) is 15.8. The zero-order valence-corrected chi connectivity index (χ0v) is 19.7. The number of benzene rings is 5. The average Bonchev–Trinajstić information content (AvgIpc) is 2.84. The van der Waals surface area contributed by atoms with Gasteiger partial charge in [-0.3, -0.25) is 4.18 Å². The van der Waals surface area contributed by atoms with Crippen molar-refractivity contribution in [3.8, 4) is 0 Å². The van der Waals surface area contributed by atoms with Gasteiger partial charge in [-0.2, -0.15) is 0 Å². The van der Waals surface area contributed by atoms with Crippen molar-refractivity contribution in [3.05, 3.63) is 70.1 Å². The molecule has 0 N–H and O–H groups in total. The summed E-state index contributed by atoms with van der Waals surface area (Å²) in [5, 5.41) is 13.4. The van der Waals surface area contributed by atoms with Crippen molar-refractivity contribution < 1.29 is 8.37 Å². The number of hydrogen-bond acceptors (Lipinski definition) is 4. The smallest absolute Gasteiger partial charge is 0.157 e. The highest BCUT2D eigenvalue weighted by Gasteiger charge is 2.32. The Morgan fingerprint density at radius 3 is 2.31 bits per heavy atom. The van der Waals surface area contributed by atoms with Gasteiger partial charge < -0.3 is 4.18 Å². The molecule has 32 heavy (non-hydrogen) atoms. The van der Waals surface area contributed by atoms with E-state index in [1.165, 1.54) is 88.7 Å². The van der Waals surface area contributed by atoms with Crippen LogP contribution < -0.4 is 10.4 Å². The predicted octanol–water partition coefficient (Wildman–Crippen LogP) is 6.61. The molecule has 0 radical (unpaired) electrons. The molecule has 0 saturated carbocycles. The molecule has 4 heteroatoms. The Bertz CT molecular complexity index is 1690. The first kappa shape index (κ1) is 19.1. The van der Waals surface area contributed by atoms with E-state index in [2.05, 4.69) is 68.5 Å². The van der Waals surface area contributed by atoms with Crippen LogP contribution in [0.3, 0.4) is 0 Å². The lowest BCUT2D eigenvalue weighted by Crippen LogP contribution is -2.24. The molecule has 1 atom stereocenters. The van der Waals surface area contributed by atoms with E-state index in [4.69, 9.17) is 8.37 Å². The van der Waals surface area contributed by atoms with Gasteiger partial charge in [0, 0.05) is 22.1 Å². The van der Waals surface area contributed by atoms with Crippen LogP contribution in [0.5, 0.6) is 0 Å². The first-order valence-corrected chi connectivity index (χ1v) is 13.1. The lowest BCUT2D eigenvalue weighted by Gasteiger charge is -2.29. The van der Waals surface area contributed by atoms with E-state index in [9.17, 15) is 0 Å². The SMILES string of the molecule is CCSOC1=c2ccc3c4c5c(ccc6ccc7ccc(c(c24)c7c65)C1OSCC)CC=3. The summed E-state index contributed by atoms with van der Waals surface area (Å²) in [6, 6.07) is 18.2. The summed E-state index contributed by atoms with van der Waals surface area (Å²) < 4.78 is 12.8. The van der Waals surface area contributed by atoms with Crippen LogP contribution >= 0.6 is 24.1 Å². The van der Waals surface area contributed by atoms with E-state index < -0.39 is 0 Å². The molecule has 0 saturated heterocycles. The highest BCUT2D eigenvalue weighted by Crippen LogP contribution is 2.48. The topological polar surface area (TPSA) is 18.5 Å². The standard InChI is InChI=1S/C28H22O2S2/c1-3-31-29-27-19-13-11-17-9-7-15-5-6-16-8-10-18-12-14-20(28(27)30-32-4-2)26-24(18)22(16)21(15)23(17)25(19)26/h5-7,9-14,27H,3-4,8H2,1-2H3. The molecule has 7 rings (SSSR count). The third kappa shape index (κ3) is 2.38. The molecule has 2 nitrogen and oxygen atoms in total. The molecule has 2 aliphatic carbocycles. The van der Waals surface area contributed by atoms with Crippen molar-refractivity contribution in [2.75, 3.05) is 11.5 Å². The largest absolute Gasteiger partial charge is 0.426 e. The van der Waals surface area contributed by atoms with Gasteiger partial charge in [0.2, 0.25) is 0 Å². The monoisotopic (exact) mass is 454 g/mol. The fraction of sp³-hybridized carbons (Fsp3) is 0.214. The molecule has 1 unspecified atom stereocenters. The molecular formula is C28H22O2S2. The van der Waals surface area contributed by atoms with Crippen LogP contribution in [-0.4, -0.2) is 11.5 Å². The van der Waals surface area contributed by atoms with Crippen LogP contribution in [0.1, 0.15) is 31.1 Å². The summed E-state index contributed by atoms with van der Waals surface area (Å²) in [6.45, 7) is 4.25. The predicted molar refractivity (Wildman–Crippen MR) is 140 cm³/mol. The third-order valence-corrected chi connectivity index (χ3v) is 8.00. The van der Waals surface area contributed by atoms with Gasteiger partial charge in [0.15, 0.2) is 11.9 Å². The Hall–Kier alpha value is -2.40. The summed E-state index contributed by atoms with van der Waals surface area (Å²) in [4.78, 5) is 0. The molecule has 0 spiro atoms. The second kappa shape index (κ2) is 7.05. The molecule has 5 aromatic carbocycles. The second-order valence-electron chi connectivity index (χ2n) is 8.49. The van der Waals surface area contributed by atoms with Gasteiger partial charge in [-0.25, -0.2) is 0 Å². The molecule has 5 aromatic rings. The molecule has 2 aliphatic rings. The van der Waals surface area contributed by atoms with Gasteiger partial charge >= 0.3 is 0 Å². The maximum absolute atomic E-state index is 6.40. The Balaban J connectivity index is 1.79. The fourth-order valence-electron chi connectivity index (χ4n) is 5.70. The summed E-state index contributed by atoms with van der Waals surface area (Å²) in [5.41, 5.74) is 2.65. The van der Waals surface area contributed by atoms with E-state index in [0.29, 0.717) is 0 Å². The molecule has 0 aliphatic heterocycles. The normalized spacial score (nSPS) is 16.8. The highest BCUT2D eigenvalue weighted by molar-refractivity contribution is 7.95. The molecule has 0 bridgehead atoms. The fourth-order valence-corrected chi connectivity index (χ4v) is 6.59. The minimum absolute atomic E-state index is 0.212. The van der Waals surface area contributed by atoms with E-state index in [1.54, 1.807) is 0 Å². The molecule has 0 aromatic heterocycles. The molecule has 158 valence electrons. The van der Waals surface area contributed by atoms with E-state index in [1.807, 2.05) is 0 Å². The lowest BCUT2D eigenvalue weighted by molar-refractivity contribution is 0.278. The zero-order valence-electron chi connectivity index (χ0n) is 18.0. The van der Waals surface area contributed by atoms with Crippen molar-refractivity contribution in [3.63, 3.8) is 0 Å². The minimum atomic E-state index is -0.212. The van der Waals surface area contributed by atoms with Crippen LogP contribution in [0.25, 0.3) is 54.9 Å². The summed E-state index contributed by atoms with van der Waals surface area (Å²) in [5.74, 6) is 2.72. The Morgan fingerprint density at radius 2 is 1.50 bits per heavy atom. The van der Waals surface area contributed by atoms with Crippen molar-refractivity contribution in [2.45, 2.75) is 26.4 Å². The number of rotatable bonds is 6. The summed E-state index contributed by atoms with van der Waals surface area (Å²) >= 11 is 3.01. The average molecular weight is 455 g/mol. The molecular weight excluding hydrogens is 432 g/mol. The van der Waals surface area contributed by atoms with Crippen molar-refractivity contribution in [2.24, 2.45) is 0 Å². The Labute approximate surface area is 195 Å². The van der Waals surface area contributed by atoms with Crippen molar-refractivity contribution >= 4 is 79.0 Å². The van der Waals surface area contributed by atoms with Crippen molar-refractivity contribution in [1.29, 1.82) is 0 Å². The van der Waals surface area contributed by atoms with Crippen molar-refractivity contribution in [1.82, 2.24) is 0 Å². The zero-order chi connectivity index (χ0) is 21.4. The van der Waals surface area contributed by atoms with Crippen LogP contribution in [0.2, 0.25) is 0 Å².